The lowest BCUT2D eigenvalue weighted by Gasteiger charge is -2.13. The number of carbonyl (C=O) groups is 1. The van der Waals surface area contributed by atoms with Gasteiger partial charge in [-0.3, -0.25) is 0 Å². The molecule has 1 aliphatic heterocycles. The van der Waals surface area contributed by atoms with Gasteiger partial charge in [0, 0.05) is 0 Å². The number of rotatable bonds is 9. The van der Waals surface area contributed by atoms with Crippen molar-refractivity contribution in [3.63, 3.8) is 0 Å². The molecule has 0 amide bonds. The Balaban J connectivity index is 2.69. The predicted molar refractivity (Wildman–Crippen MR) is 84.3 cm³/mol. The van der Waals surface area contributed by atoms with Crippen molar-refractivity contribution in [3.8, 4) is 0 Å². The Hall–Kier alpha value is -0.890. The van der Waals surface area contributed by atoms with Gasteiger partial charge in [0.25, 0.3) is 5.09 Å². The first-order chi connectivity index (χ1) is 9.95. The minimum atomic E-state index is -0.883. The van der Waals surface area contributed by atoms with Gasteiger partial charge in [-0.05, 0) is 44.4 Å². The summed E-state index contributed by atoms with van der Waals surface area (Å²) in [5, 5.41) is 9.73. The monoisotopic (exact) mass is 425 g/mol. The molecule has 0 aromatic heterocycles. The van der Waals surface area contributed by atoms with Gasteiger partial charge in [-0.1, -0.05) is 39.0 Å². The van der Waals surface area contributed by atoms with Crippen molar-refractivity contribution < 1.29 is 19.5 Å². The second kappa shape index (κ2) is 9.19. The zero-order chi connectivity index (χ0) is 15.8. The van der Waals surface area contributed by atoms with Gasteiger partial charge in [0.15, 0.2) is 5.76 Å². The number of carbonyl (C=O) groups excluding carboxylic acids is 1. The van der Waals surface area contributed by atoms with Crippen LogP contribution in [-0.4, -0.2) is 17.2 Å². The normalized spacial score (nSPS) is 15.5. The summed E-state index contributed by atoms with van der Waals surface area (Å²) in [6.45, 7) is 2.12. The van der Waals surface area contributed by atoms with E-state index in [1.165, 1.54) is 6.08 Å². The van der Waals surface area contributed by atoms with Crippen LogP contribution >= 0.6 is 31.9 Å². The zero-order valence-corrected chi connectivity index (χ0v) is 14.8. The first-order valence-electron chi connectivity index (χ1n) is 6.76. The second-order valence-electron chi connectivity index (χ2n) is 4.63. The average molecular weight is 427 g/mol. The topological polar surface area (TPSA) is 78.7 Å². The highest BCUT2D eigenvalue weighted by atomic mass is 79.9. The maximum atomic E-state index is 11.8. The number of hydrogen-bond donors (Lipinski definition) is 0. The van der Waals surface area contributed by atoms with E-state index in [4.69, 9.17) is 4.74 Å². The molecule has 0 spiro atoms. The Morgan fingerprint density at radius 2 is 2.05 bits per heavy atom. The molecule has 118 valence electrons. The lowest BCUT2D eigenvalue weighted by atomic mass is 10.0. The van der Waals surface area contributed by atoms with Crippen molar-refractivity contribution in [1.82, 2.24) is 0 Å². The van der Waals surface area contributed by atoms with Gasteiger partial charge in [-0.25, -0.2) is 4.79 Å². The number of allylic oxidation sites excluding steroid dienone is 1. The van der Waals surface area contributed by atoms with E-state index < -0.39 is 17.2 Å². The summed E-state index contributed by atoms with van der Waals surface area (Å²) >= 11 is 6.27. The molecule has 0 saturated carbocycles. The average Bonchev–Trinajstić information content (AvgIpc) is 2.79. The fraction of sp³-hybridized carbons (Fsp3) is 0.615. The van der Waals surface area contributed by atoms with Crippen LogP contribution in [0.4, 0.5) is 0 Å². The van der Waals surface area contributed by atoms with E-state index >= 15 is 0 Å². The standard InChI is InChI=1S/C13H17Br2NO5/c1-2-3-4-5-6-7-10(21-16(18)19)9-8-11(12(14)15)20-13(9)17/h8,10H,2-7H2,1H3. The van der Waals surface area contributed by atoms with E-state index in [9.17, 15) is 14.9 Å². The van der Waals surface area contributed by atoms with Crippen LogP contribution in [0.2, 0.25) is 0 Å². The zero-order valence-electron chi connectivity index (χ0n) is 11.6. The van der Waals surface area contributed by atoms with Crippen molar-refractivity contribution >= 4 is 37.8 Å². The second-order valence-corrected chi connectivity index (χ2v) is 7.28. The third kappa shape index (κ3) is 6.17. The number of cyclic esters (lactones) is 1. The van der Waals surface area contributed by atoms with Crippen molar-refractivity contribution in [1.29, 1.82) is 0 Å². The molecule has 0 radical (unpaired) electrons. The van der Waals surface area contributed by atoms with Crippen LogP contribution in [0.25, 0.3) is 0 Å². The summed E-state index contributed by atoms with van der Waals surface area (Å²) in [6, 6.07) is 0. The molecule has 0 aromatic carbocycles. The quantitative estimate of drug-likeness (QED) is 0.237. The fourth-order valence-electron chi connectivity index (χ4n) is 2.01. The molecule has 0 saturated heterocycles. The number of esters is 1. The Morgan fingerprint density at radius 3 is 2.57 bits per heavy atom. The van der Waals surface area contributed by atoms with E-state index in [1.54, 1.807) is 0 Å². The van der Waals surface area contributed by atoms with Crippen LogP contribution < -0.4 is 0 Å². The van der Waals surface area contributed by atoms with Gasteiger partial charge < -0.3 is 9.57 Å². The fourth-order valence-corrected chi connectivity index (χ4v) is 2.40. The molecule has 0 fully saturated rings. The van der Waals surface area contributed by atoms with E-state index in [1.807, 2.05) is 0 Å². The van der Waals surface area contributed by atoms with E-state index in [0.717, 1.165) is 32.1 Å². The summed E-state index contributed by atoms with van der Waals surface area (Å²) in [5.74, 6) is -0.320. The van der Waals surface area contributed by atoms with Crippen molar-refractivity contribution in [2.45, 2.75) is 51.6 Å². The van der Waals surface area contributed by atoms with Crippen LogP contribution in [0.15, 0.2) is 20.8 Å². The maximum Gasteiger partial charge on any atom is 0.341 e. The van der Waals surface area contributed by atoms with E-state index in [2.05, 4.69) is 43.6 Å². The molecule has 1 unspecified atom stereocenters. The van der Waals surface area contributed by atoms with Crippen LogP contribution in [0.3, 0.4) is 0 Å². The molecule has 1 atom stereocenters. The molecule has 6 nitrogen and oxygen atoms in total. The van der Waals surface area contributed by atoms with Crippen molar-refractivity contribution in [2.24, 2.45) is 0 Å². The third-order valence-electron chi connectivity index (χ3n) is 3.04. The minimum Gasteiger partial charge on any atom is -0.421 e. The summed E-state index contributed by atoms with van der Waals surface area (Å²) in [6.07, 6.45) is 6.04. The highest BCUT2D eigenvalue weighted by Crippen LogP contribution is 2.30. The first kappa shape index (κ1) is 18.2. The molecule has 0 N–H and O–H groups in total. The lowest BCUT2D eigenvalue weighted by molar-refractivity contribution is -0.766. The number of hydrogen-bond acceptors (Lipinski definition) is 5. The molecule has 21 heavy (non-hydrogen) atoms. The van der Waals surface area contributed by atoms with E-state index in [0.29, 0.717) is 9.81 Å². The lowest BCUT2D eigenvalue weighted by Crippen LogP contribution is -2.23. The molecular weight excluding hydrogens is 410 g/mol. The van der Waals surface area contributed by atoms with Crippen LogP contribution in [0, 0.1) is 10.1 Å². The highest BCUT2D eigenvalue weighted by molar-refractivity contribution is 9.28. The molecule has 1 aliphatic rings. The molecule has 0 bridgehead atoms. The molecule has 0 aliphatic carbocycles. The molecule has 8 heteroatoms. The van der Waals surface area contributed by atoms with Crippen LogP contribution in [-0.2, 0) is 14.4 Å². The summed E-state index contributed by atoms with van der Waals surface area (Å²) < 4.78 is 5.47. The number of nitrogens with zero attached hydrogens (tertiary/aromatic N) is 1. The summed E-state index contributed by atoms with van der Waals surface area (Å²) in [5.41, 5.74) is 0.175. The SMILES string of the molecule is CCCCCCCC(O[N+](=O)[O-])C1=CC(=C(Br)Br)OC1=O. The molecular formula is C13H17Br2NO5. The number of unbranched alkanes of at least 4 members (excludes halogenated alkanes) is 4. The van der Waals surface area contributed by atoms with Gasteiger partial charge in [0.05, 0.1) is 5.57 Å². The summed E-state index contributed by atoms with van der Waals surface area (Å²) in [7, 11) is 0. The predicted octanol–water partition coefficient (Wildman–Crippen LogP) is 4.37. The third-order valence-corrected chi connectivity index (χ3v) is 3.82. The van der Waals surface area contributed by atoms with Gasteiger partial charge in [0.1, 0.15) is 9.50 Å². The van der Waals surface area contributed by atoms with Crippen molar-refractivity contribution in [3.05, 3.63) is 30.9 Å². The minimum absolute atomic E-state index is 0.175. The van der Waals surface area contributed by atoms with Gasteiger partial charge in [-0.15, -0.1) is 10.1 Å². The summed E-state index contributed by atoms with van der Waals surface area (Å²) in [4.78, 5) is 27.0. The molecule has 1 rings (SSSR count). The van der Waals surface area contributed by atoms with Gasteiger partial charge in [-0.2, -0.15) is 0 Å². The Kier molecular flexibility index (Phi) is 7.95. The molecule has 1 heterocycles. The highest BCUT2D eigenvalue weighted by Gasteiger charge is 2.31. The Labute approximate surface area is 139 Å². The number of ether oxygens (including phenoxy) is 1. The Bertz CT molecular complexity index is 457. The van der Waals surface area contributed by atoms with Gasteiger partial charge in [0.2, 0.25) is 0 Å². The van der Waals surface area contributed by atoms with Crippen LogP contribution in [0.1, 0.15) is 45.4 Å². The van der Waals surface area contributed by atoms with E-state index in [-0.39, 0.29) is 11.3 Å². The maximum absolute atomic E-state index is 11.8. The van der Waals surface area contributed by atoms with Crippen molar-refractivity contribution in [2.75, 3.05) is 0 Å². The molecule has 0 aromatic rings. The first-order valence-corrected chi connectivity index (χ1v) is 8.34. The Morgan fingerprint density at radius 1 is 1.38 bits per heavy atom. The number of halogens is 2. The largest absolute Gasteiger partial charge is 0.421 e. The smallest absolute Gasteiger partial charge is 0.341 e. The van der Waals surface area contributed by atoms with Crippen LogP contribution in [0.5, 0.6) is 0 Å². The van der Waals surface area contributed by atoms with Gasteiger partial charge >= 0.3 is 5.97 Å².